The summed E-state index contributed by atoms with van der Waals surface area (Å²) < 4.78 is 101. The van der Waals surface area contributed by atoms with Gasteiger partial charge in [-0.2, -0.15) is 13.9 Å². The number of carbonyl (C=O) groups excluding carboxylic acids is 2. The molecule has 0 saturated heterocycles. The Morgan fingerprint density at radius 3 is 2.44 bits per heavy atom. The van der Waals surface area contributed by atoms with Crippen LogP contribution in [-0.2, 0) is 23.7 Å². The van der Waals surface area contributed by atoms with Crippen LogP contribution in [0, 0.1) is 17.5 Å². The van der Waals surface area contributed by atoms with E-state index < -0.39 is 89.1 Å². The molecule has 1 aliphatic rings. The molecule has 2 atom stereocenters. The summed E-state index contributed by atoms with van der Waals surface area (Å²) in [7, 11) is 0. The molecule has 2 aromatic carbocycles. The summed E-state index contributed by atoms with van der Waals surface area (Å²) in [6.45, 7) is 2.54. The number of primary amides is 1. The van der Waals surface area contributed by atoms with Crippen molar-refractivity contribution in [3.05, 3.63) is 119 Å². The molecule has 2 aromatic heterocycles. The van der Waals surface area contributed by atoms with Gasteiger partial charge >= 0.3 is 0 Å². The van der Waals surface area contributed by atoms with Crippen LogP contribution in [0.4, 0.5) is 30.7 Å². The molecule has 5 rings (SSSR count). The molecule has 3 N–H and O–H groups in total. The van der Waals surface area contributed by atoms with Crippen LogP contribution < -0.4 is 11.1 Å². The number of amides is 2. The summed E-state index contributed by atoms with van der Waals surface area (Å²) in [6.07, 6.45) is -1.84. The molecule has 14 heteroatoms. The van der Waals surface area contributed by atoms with Gasteiger partial charge in [0.1, 0.15) is 35.4 Å². The molecule has 0 aliphatic heterocycles. The first-order chi connectivity index (χ1) is 21.3. The Bertz CT molecular complexity index is 1790. The predicted molar refractivity (Wildman–Crippen MR) is 148 cm³/mol. The number of hydrogen-bond donors (Lipinski definition) is 2. The maximum atomic E-state index is 15.0. The van der Waals surface area contributed by atoms with E-state index >= 15 is 0 Å². The van der Waals surface area contributed by atoms with E-state index in [0.29, 0.717) is 10.7 Å². The second-order valence-electron chi connectivity index (χ2n) is 10.5. The van der Waals surface area contributed by atoms with Crippen LogP contribution in [0.1, 0.15) is 63.4 Å². The fraction of sp³-hybridized carbons (Fsp3) is 0.226. The Hall–Kier alpha value is -5.01. The van der Waals surface area contributed by atoms with Gasteiger partial charge in [-0.25, -0.2) is 22.0 Å². The first-order valence-electron chi connectivity index (χ1n) is 13.5. The summed E-state index contributed by atoms with van der Waals surface area (Å²) in [5.74, 6) is -9.41. The Kier molecular flexibility index (Phi) is 8.50. The Morgan fingerprint density at radius 1 is 1.09 bits per heavy atom. The molecule has 0 spiro atoms. The number of alkyl halides is 4. The van der Waals surface area contributed by atoms with Gasteiger partial charge in [0, 0.05) is 35.7 Å². The minimum absolute atomic E-state index is 0.0756. The van der Waals surface area contributed by atoms with Crippen LogP contribution in [0.2, 0.25) is 0 Å². The third-order valence-electron chi connectivity index (χ3n) is 7.40. The fourth-order valence-corrected chi connectivity index (χ4v) is 5.57. The quantitative estimate of drug-likeness (QED) is 0.159. The molecule has 0 radical (unpaired) electrons. The summed E-state index contributed by atoms with van der Waals surface area (Å²) >= 11 is 0. The van der Waals surface area contributed by atoms with E-state index in [1.165, 1.54) is 24.4 Å². The largest absolute Gasteiger partial charge is 0.366 e. The zero-order valence-electron chi connectivity index (χ0n) is 23.2. The zero-order chi connectivity index (χ0) is 32.6. The van der Waals surface area contributed by atoms with E-state index in [4.69, 9.17) is 5.73 Å². The molecular formula is C31H24F7N5O2. The van der Waals surface area contributed by atoms with Gasteiger partial charge in [-0.15, -0.1) is 6.58 Å². The minimum Gasteiger partial charge on any atom is -0.366 e. The number of hydrogen-bond acceptors (Lipinski definition) is 4. The van der Waals surface area contributed by atoms with Crippen LogP contribution in [0.15, 0.2) is 67.4 Å². The molecule has 234 valence electrons. The fourth-order valence-electron chi connectivity index (χ4n) is 5.57. The third-order valence-corrected chi connectivity index (χ3v) is 7.40. The van der Waals surface area contributed by atoms with E-state index in [2.05, 4.69) is 22.0 Å². The Labute approximate surface area is 251 Å². The van der Waals surface area contributed by atoms with Crippen molar-refractivity contribution < 1.29 is 40.3 Å². The molecule has 1 aliphatic carbocycles. The second kappa shape index (κ2) is 12.2. The topological polar surface area (TPSA) is 103 Å². The normalized spacial score (nSPS) is 16.0. The van der Waals surface area contributed by atoms with Crippen molar-refractivity contribution in [2.24, 2.45) is 5.73 Å². The number of carbonyl (C=O) groups is 2. The van der Waals surface area contributed by atoms with Gasteiger partial charge in [-0.05, 0) is 47.9 Å². The van der Waals surface area contributed by atoms with Crippen molar-refractivity contribution in [2.45, 2.75) is 43.7 Å². The third kappa shape index (κ3) is 6.30. The van der Waals surface area contributed by atoms with Crippen LogP contribution >= 0.6 is 0 Å². The zero-order valence-corrected chi connectivity index (χ0v) is 23.2. The molecule has 0 bridgehead atoms. The van der Waals surface area contributed by atoms with E-state index in [1.54, 1.807) is 0 Å². The standard InChI is InChI=1S/C31H24F7N5O2/c1-2-16-13-31(37,38)28-25(16)27(29(35)36)42-43(28)14-24(44)41-23(10-15-8-18(32)12-19(33)9-15)26-20(4-3-7-40-26)17-5-6-22(34)21(11-17)30(39)45/h2-9,11-12,16,23,29H,1,10,13-14H2,(H2,39,45)(H,41,44)/t16-,23+/m1/s1. The van der Waals surface area contributed by atoms with Crippen LogP contribution in [0.3, 0.4) is 0 Å². The number of halogens is 7. The number of fused-ring (bicyclic) bond motifs is 1. The molecule has 7 nitrogen and oxygen atoms in total. The van der Waals surface area contributed by atoms with Gasteiger partial charge in [0.15, 0.2) is 0 Å². The minimum atomic E-state index is -3.58. The van der Waals surface area contributed by atoms with Crippen molar-refractivity contribution in [3.8, 4) is 11.1 Å². The highest BCUT2D eigenvalue weighted by Gasteiger charge is 2.50. The monoisotopic (exact) mass is 631 g/mol. The number of pyridine rings is 1. The van der Waals surface area contributed by atoms with Gasteiger partial charge in [-0.1, -0.05) is 18.2 Å². The van der Waals surface area contributed by atoms with Crippen molar-refractivity contribution in [1.82, 2.24) is 20.1 Å². The summed E-state index contributed by atoms with van der Waals surface area (Å²) in [5, 5.41) is 6.22. The van der Waals surface area contributed by atoms with Crippen LogP contribution in [0.25, 0.3) is 11.1 Å². The molecular weight excluding hydrogens is 607 g/mol. The molecule has 0 saturated carbocycles. The van der Waals surface area contributed by atoms with Gasteiger partial charge in [0.05, 0.1) is 17.3 Å². The summed E-state index contributed by atoms with van der Waals surface area (Å²) in [6, 6.07) is 7.98. The Morgan fingerprint density at radius 2 is 1.80 bits per heavy atom. The van der Waals surface area contributed by atoms with Crippen molar-refractivity contribution in [1.29, 1.82) is 0 Å². The first-order valence-corrected chi connectivity index (χ1v) is 13.5. The highest BCUT2D eigenvalue weighted by Crippen LogP contribution is 2.51. The number of nitrogens with one attached hydrogen (secondary N) is 1. The van der Waals surface area contributed by atoms with E-state index in [1.807, 2.05) is 0 Å². The SMILES string of the molecule is C=C[C@@H]1CC(F)(F)c2c1c(C(F)F)nn2CC(=O)N[C@@H](Cc1cc(F)cc(F)c1)c1ncccc1-c1ccc(F)c(C(N)=O)c1. The number of nitrogens with two attached hydrogens (primary N) is 1. The van der Waals surface area contributed by atoms with Crippen LogP contribution in [-0.4, -0.2) is 26.6 Å². The molecule has 45 heavy (non-hydrogen) atoms. The lowest BCUT2D eigenvalue weighted by Gasteiger charge is -2.22. The maximum Gasteiger partial charge on any atom is 0.290 e. The molecule has 2 heterocycles. The molecule has 0 fully saturated rings. The second-order valence-corrected chi connectivity index (χ2v) is 10.5. The lowest BCUT2D eigenvalue weighted by molar-refractivity contribution is -0.122. The van der Waals surface area contributed by atoms with Crippen molar-refractivity contribution >= 4 is 11.8 Å². The van der Waals surface area contributed by atoms with Gasteiger partial charge in [-0.3, -0.25) is 19.3 Å². The van der Waals surface area contributed by atoms with E-state index in [0.717, 1.165) is 30.3 Å². The number of allylic oxidation sites excluding steroid dienone is 1. The first kappa shape index (κ1) is 31.4. The lowest BCUT2D eigenvalue weighted by atomic mass is 9.94. The number of nitrogens with zero attached hydrogens (tertiary/aromatic N) is 3. The van der Waals surface area contributed by atoms with Gasteiger partial charge in [0.2, 0.25) is 5.91 Å². The lowest BCUT2D eigenvalue weighted by Crippen LogP contribution is -2.35. The average Bonchev–Trinajstić information content (AvgIpc) is 3.48. The molecule has 0 unspecified atom stereocenters. The number of rotatable bonds is 10. The smallest absolute Gasteiger partial charge is 0.290 e. The van der Waals surface area contributed by atoms with Crippen LogP contribution in [0.5, 0.6) is 0 Å². The highest BCUT2D eigenvalue weighted by atomic mass is 19.3. The molecule has 2 amide bonds. The molecule has 4 aromatic rings. The average molecular weight is 632 g/mol. The van der Waals surface area contributed by atoms with Crippen molar-refractivity contribution in [2.75, 3.05) is 0 Å². The number of benzene rings is 2. The highest BCUT2D eigenvalue weighted by molar-refractivity contribution is 5.94. The maximum absolute atomic E-state index is 15.0. The van der Waals surface area contributed by atoms with E-state index in [-0.39, 0.29) is 28.8 Å². The predicted octanol–water partition coefficient (Wildman–Crippen LogP) is 6.26. The number of aromatic nitrogens is 3. The van der Waals surface area contributed by atoms with Gasteiger partial charge < -0.3 is 11.1 Å². The summed E-state index contributed by atoms with van der Waals surface area (Å²) in [4.78, 5) is 29.5. The Balaban J connectivity index is 1.55. The van der Waals surface area contributed by atoms with Crippen molar-refractivity contribution in [3.63, 3.8) is 0 Å². The van der Waals surface area contributed by atoms with E-state index in [9.17, 15) is 40.3 Å². The summed E-state index contributed by atoms with van der Waals surface area (Å²) in [5.41, 5.74) is 3.43. The van der Waals surface area contributed by atoms with Gasteiger partial charge in [0.25, 0.3) is 18.3 Å².